The molecule has 0 aromatic heterocycles. The molecule has 18 heavy (non-hydrogen) atoms. The van der Waals surface area contributed by atoms with Gasteiger partial charge in [-0.2, -0.15) is 0 Å². The zero-order valence-electron chi connectivity index (χ0n) is 10.0. The maximum absolute atomic E-state index is 12.3. The fourth-order valence-corrected chi connectivity index (χ4v) is 3.37. The van der Waals surface area contributed by atoms with Gasteiger partial charge in [-0.1, -0.05) is 29.8 Å². The second-order valence-corrected chi connectivity index (χ2v) is 5.93. The first-order valence-electron chi connectivity index (χ1n) is 5.56. The molecule has 0 amide bonds. The number of nitrogen functional groups attached to an aromatic ring is 1. The summed E-state index contributed by atoms with van der Waals surface area (Å²) in [6, 6.07) is 12.9. The molecule has 2 aromatic rings. The number of hydrogen-bond acceptors (Lipinski definition) is 2. The average molecular weight is 280 g/mol. The van der Waals surface area contributed by atoms with Crippen LogP contribution in [0, 0.1) is 6.92 Å². The van der Waals surface area contributed by atoms with E-state index in [4.69, 9.17) is 17.3 Å². The molecule has 0 saturated carbocycles. The van der Waals surface area contributed by atoms with E-state index in [0.29, 0.717) is 16.5 Å². The predicted octanol–water partition coefficient (Wildman–Crippen LogP) is 3.54. The van der Waals surface area contributed by atoms with Crippen molar-refractivity contribution < 1.29 is 4.21 Å². The van der Waals surface area contributed by atoms with Crippen molar-refractivity contribution >= 4 is 28.1 Å². The number of aryl methyl sites for hydroxylation is 1. The van der Waals surface area contributed by atoms with E-state index in [2.05, 4.69) is 0 Å². The molecule has 2 N–H and O–H groups in total. The van der Waals surface area contributed by atoms with E-state index in [0.717, 1.165) is 16.0 Å². The van der Waals surface area contributed by atoms with Crippen molar-refractivity contribution in [3.8, 4) is 0 Å². The van der Waals surface area contributed by atoms with Gasteiger partial charge < -0.3 is 5.73 Å². The third-order valence-corrected chi connectivity index (χ3v) is 4.58. The molecule has 0 bridgehead atoms. The van der Waals surface area contributed by atoms with Gasteiger partial charge in [-0.05, 0) is 42.3 Å². The van der Waals surface area contributed by atoms with E-state index in [-0.39, 0.29) is 0 Å². The molecule has 1 unspecified atom stereocenters. The number of anilines is 1. The number of benzene rings is 2. The summed E-state index contributed by atoms with van der Waals surface area (Å²) in [5.41, 5.74) is 8.21. The van der Waals surface area contributed by atoms with Crippen LogP contribution < -0.4 is 5.73 Å². The SMILES string of the molecule is Cc1cc(N)ccc1S(=O)Cc1ccccc1Cl. The molecule has 0 spiro atoms. The van der Waals surface area contributed by atoms with Gasteiger partial charge in [0.05, 0.1) is 16.6 Å². The lowest BCUT2D eigenvalue weighted by atomic mass is 10.2. The largest absolute Gasteiger partial charge is 0.399 e. The molecule has 0 aliphatic heterocycles. The third-order valence-electron chi connectivity index (χ3n) is 2.69. The van der Waals surface area contributed by atoms with Crippen molar-refractivity contribution in [1.82, 2.24) is 0 Å². The summed E-state index contributed by atoms with van der Waals surface area (Å²) in [6.07, 6.45) is 0. The van der Waals surface area contributed by atoms with E-state index in [1.807, 2.05) is 43.3 Å². The van der Waals surface area contributed by atoms with Crippen LogP contribution in [-0.4, -0.2) is 4.21 Å². The minimum absolute atomic E-state index is 0.421. The van der Waals surface area contributed by atoms with Crippen LogP contribution in [0.3, 0.4) is 0 Å². The van der Waals surface area contributed by atoms with Gasteiger partial charge in [0, 0.05) is 15.6 Å². The summed E-state index contributed by atoms with van der Waals surface area (Å²) in [6.45, 7) is 1.91. The lowest BCUT2D eigenvalue weighted by Gasteiger charge is -2.08. The van der Waals surface area contributed by atoms with Crippen LogP contribution in [0.15, 0.2) is 47.4 Å². The zero-order valence-corrected chi connectivity index (χ0v) is 11.6. The first kappa shape index (κ1) is 13.1. The van der Waals surface area contributed by atoms with Gasteiger partial charge in [-0.3, -0.25) is 4.21 Å². The van der Waals surface area contributed by atoms with E-state index in [9.17, 15) is 4.21 Å². The van der Waals surface area contributed by atoms with Crippen LogP contribution >= 0.6 is 11.6 Å². The first-order chi connectivity index (χ1) is 8.58. The molecule has 2 nitrogen and oxygen atoms in total. The smallest absolute Gasteiger partial charge is 0.0577 e. The number of hydrogen-bond donors (Lipinski definition) is 1. The second kappa shape index (κ2) is 5.55. The highest BCUT2D eigenvalue weighted by Gasteiger charge is 2.10. The summed E-state index contributed by atoms with van der Waals surface area (Å²) in [7, 11) is -1.10. The van der Waals surface area contributed by atoms with Crippen LogP contribution in [-0.2, 0) is 16.6 Å². The van der Waals surface area contributed by atoms with Gasteiger partial charge in [-0.15, -0.1) is 0 Å². The molecule has 2 aromatic carbocycles. The van der Waals surface area contributed by atoms with E-state index >= 15 is 0 Å². The lowest BCUT2D eigenvalue weighted by molar-refractivity contribution is 0.682. The maximum Gasteiger partial charge on any atom is 0.0577 e. The molecule has 0 aliphatic rings. The third kappa shape index (κ3) is 2.92. The van der Waals surface area contributed by atoms with Gasteiger partial charge in [0.2, 0.25) is 0 Å². The summed E-state index contributed by atoms with van der Waals surface area (Å²) in [5.74, 6) is 0.421. The van der Waals surface area contributed by atoms with Crippen LogP contribution in [0.25, 0.3) is 0 Å². The molecule has 1 atom stereocenters. The van der Waals surface area contributed by atoms with Gasteiger partial charge in [0.25, 0.3) is 0 Å². The van der Waals surface area contributed by atoms with E-state index in [1.165, 1.54) is 0 Å². The van der Waals surface area contributed by atoms with Gasteiger partial charge in [-0.25, -0.2) is 0 Å². The van der Waals surface area contributed by atoms with Crippen LogP contribution in [0.4, 0.5) is 5.69 Å². The fourth-order valence-electron chi connectivity index (χ4n) is 1.76. The Kier molecular flexibility index (Phi) is 4.04. The minimum Gasteiger partial charge on any atom is -0.399 e. The summed E-state index contributed by atoms with van der Waals surface area (Å²) < 4.78 is 12.3. The molecule has 0 aliphatic carbocycles. The van der Waals surface area contributed by atoms with Gasteiger partial charge in [0.1, 0.15) is 0 Å². The highest BCUT2D eigenvalue weighted by Crippen LogP contribution is 2.22. The van der Waals surface area contributed by atoms with Gasteiger partial charge >= 0.3 is 0 Å². The molecule has 0 saturated heterocycles. The zero-order chi connectivity index (χ0) is 13.1. The molecular weight excluding hydrogens is 266 g/mol. The predicted molar refractivity (Wildman–Crippen MR) is 77.2 cm³/mol. The Morgan fingerprint density at radius 1 is 1.22 bits per heavy atom. The van der Waals surface area contributed by atoms with Crippen molar-refractivity contribution in [2.75, 3.05) is 5.73 Å². The first-order valence-corrected chi connectivity index (χ1v) is 7.25. The lowest BCUT2D eigenvalue weighted by Crippen LogP contribution is -2.00. The normalized spacial score (nSPS) is 12.3. The Labute approximate surface area is 114 Å². The molecule has 2 rings (SSSR count). The Balaban J connectivity index is 2.25. The summed E-state index contributed by atoms with van der Waals surface area (Å²) >= 11 is 6.07. The second-order valence-electron chi connectivity index (χ2n) is 4.11. The number of nitrogens with two attached hydrogens (primary N) is 1. The average Bonchev–Trinajstić information content (AvgIpc) is 2.32. The van der Waals surface area contributed by atoms with Crippen molar-refractivity contribution in [3.63, 3.8) is 0 Å². The summed E-state index contributed by atoms with van der Waals surface area (Å²) in [5, 5.41) is 0.652. The summed E-state index contributed by atoms with van der Waals surface area (Å²) in [4.78, 5) is 0.809. The van der Waals surface area contributed by atoms with Crippen molar-refractivity contribution in [1.29, 1.82) is 0 Å². The number of halogens is 1. The monoisotopic (exact) mass is 279 g/mol. The standard InChI is InChI=1S/C14H14ClNOS/c1-10-8-12(16)6-7-14(10)18(17)9-11-4-2-3-5-13(11)15/h2-8H,9,16H2,1H3. The molecular formula is C14H14ClNOS. The Bertz CT molecular complexity index is 598. The van der Waals surface area contributed by atoms with E-state index < -0.39 is 10.8 Å². The highest BCUT2D eigenvalue weighted by atomic mass is 35.5. The quantitative estimate of drug-likeness (QED) is 0.874. The van der Waals surface area contributed by atoms with Crippen LogP contribution in [0.1, 0.15) is 11.1 Å². The van der Waals surface area contributed by atoms with Gasteiger partial charge in [0.15, 0.2) is 0 Å². The van der Waals surface area contributed by atoms with E-state index in [1.54, 1.807) is 6.07 Å². The minimum atomic E-state index is -1.10. The Morgan fingerprint density at radius 3 is 2.61 bits per heavy atom. The van der Waals surface area contributed by atoms with Crippen LogP contribution in [0.2, 0.25) is 5.02 Å². The van der Waals surface area contributed by atoms with Crippen molar-refractivity contribution in [3.05, 3.63) is 58.6 Å². The van der Waals surface area contributed by atoms with Crippen molar-refractivity contribution in [2.45, 2.75) is 17.6 Å². The molecule has 94 valence electrons. The molecule has 0 fully saturated rings. The maximum atomic E-state index is 12.3. The molecule has 0 heterocycles. The topological polar surface area (TPSA) is 43.1 Å². The number of rotatable bonds is 3. The molecule has 4 heteroatoms. The Hall–Kier alpha value is -1.32. The fraction of sp³-hybridized carbons (Fsp3) is 0.143. The molecule has 0 radical (unpaired) electrons. The van der Waals surface area contributed by atoms with Crippen molar-refractivity contribution in [2.24, 2.45) is 0 Å². The Morgan fingerprint density at radius 2 is 1.94 bits per heavy atom. The highest BCUT2D eigenvalue weighted by molar-refractivity contribution is 7.84. The van der Waals surface area contributed by atoms with Crippen LogP contribution in [0.5, 0.6) is 0 Å².